The number of likely N-dealkylation sites (tertiary alicyclic amines) is 2. The maximum absolute atomic E-state index is 12.8. The van der Waals surface area contributed by atoms with Crippen LogP contribution in [-0.2, 0) is 9.53 Å². The van der Waals surface area contributed by atoms with E-state index in [0.29, 0.717) is 12.1 Å². The number of hydrogen-bond acceptors (Lipinski definition) is 5. The molecule has 1 amide bonds. The van der Waals surface area contributed by atoms with E-state index in [4.69, 9.17) is 19.1 Å². The Kier molecular flexibility index (Phi) is 7.07. The molecule has 2 atom stereocenters. The lowest BCUT2D eigenvalue weighted by Gasteiger charge is -2.30. The minimum absolute atomic E-state index is 0.150. The largest absolute Gasteiger partial charge is 0.490 e. The van der Waals surface area contributed by atoms with Gasteiger partial charge in [-0.15, -0.1) is 0 Å². The van der Waals surface area contributed by atoms with Gasteiger partial charge in [-0.3, -0.25) is 9.69 Å². The number of furan rings is 1. The second-order valence-corrected chi connectivity index (χ2v) is 7.95. The van der Waals surface area contributed by atoms with Crippen LogP contribution in [0.1, 0.15) is 41.8 Å². The first-order chi connectivity index (χ1) is 14.2. The van der Waals surface area contributed by atoms with E-state index in [1.807, 2.05) is 6.92 Å². The summed E-state index contributed by atoms with van der Waals surface area (Å²) in [7, 11) is 0. The normalized spacial score (nSPS) is 25.0. The number of aryl methyl sites for hydroxylation is 1. The van der Waals surface area contributed by atoms with E-state index in [-0.39, 0.29) is 5.91 Å². The predicted molar refractivity (Wildman–Crippen MR) is 100 cm³/mol. The molecular weight excluding hydrogens is 405 g/mol. The van der Waals surface area contributed by atoms with Crippen molar-refractivity contribution in [2.75, 3.05) is 32.8 Å². The first kappa shape index (κ1) is 22.6. The smallest absolute Gasteiger partial charge is 0.475 e. The van der Waals surface area contributed by atoms with E-state index in [1.54, 1.807) is 12.3 Å². The van der Waals surface area contributed by atoms with Crippen LogP contribution >= 0.6 is 0 Å². The third-order valence-electron chi connectivity index (χ3n) is 6.12. The molecule has 3 aliphatic rings. The lowest BCUT2D eigenvalue weighted by Crippen LogP contribution is -2.41. The fraction of sp³-hybridized carbons (Fsp3) is 0.700. The Balaban J connectivity index is 0.000000318. The molecule has 3 saturated heterocycles. The summed E-state index contributed by atoms with van der Waals surface area (Å²) in [6, 6.07) is 2.74. The molecular formula is C20H27F3N2O5. The standard InChI is InChI=1S/C18H26N2O3.C2HF3O2/c1-13-15(6-11-23-13)18(21)20-8-3-16-17(20)2-7-19(16)12-14-4-9-22-10-5-14;3-2(4,5)1(6)7/h6,11,14,16-17H,2-5,7-10,12H2,1H3;(H,6,7)/t16-,17+;/m0./s1. The molecule has 0 spiro atoms. The Bertz CT molecular complexity index is 745. The lowest BCUT2D eigenvalue weighted by atomic mass is 9.99. The van der Waals surface area contributed by atoms with Gasteiger partial charge in [0.05, 0.1) is 11.8 Å². The number of aliphatic carboxylic acids is 1. The topological polar surface area (TPSA) is 83.2 Å². The SMILES string of the molecule is Cc1occc1C(=O)N1CC[C@H]2[C@H]1CCN2CC1CCOCC1.O=C(O)C(F)(F)F. The molecule has 4 heterocycles. The van der Waals surface area contributed by atoms with Gasteiger partial charge < -0.3 is 19.2 Å². The average molecular weight is 432 g/mol. The molecule has 168 valence electrons. The minimum atomic E-state index is -5.08. The summed E-state index contributed by atoms with van der Waals surface area (Å²) in [5.74, 6) is -1.11. The van der Waals surface area contributed by atoms with Gasteiger partial charge in [0.1, 0.15) is 5.76 Å². The Morgan fingerprint density at radius 3 is 2.33 bits per heavy atom. The number of rotatable bonds is 3. The van der Waals surface area contributed by atoms with Gasteiger partial charge in [-0.2, -0.15) is 13.2 Å². The monoisotopic (exact) mass is 432 g/mol. The van der Waals surface area contributed by atoms with E-state index < -0.39 is 12.1 Å². The highest BCUT2D eigenvalue weighted by molar-refractivity contribution is 5.95. The fourth-order valence-electron chi connectivity index (χ4n) is 4.58. The van der Waals surface area contributed by atoms with Crippen LogP contribution in [0.3, 0.4) is 0 Å². The summed E-state index contributed by atoms with van der Waals surface area (Å²) < 4.78 is 42.5. The van der Waals surface area contributed by atoms with Crippen molar-refractivity contribution in [1.82, 2.24) is 9.80 Å². The molecule has 0 saturated carbocycles. The first-order valence-electron chi connectivity index (χ1n) is 10.2. The number of hydrogen-bond donors (Lipinski definition) is 1. The highest BCUT2D eigenvalue weighted by Gasteiger charge is 2.45. The minimum Gasteiger partial charge on any atom is -0.475 e. The van der Waals surface area contributed by atoms with Gasteiger partial charge in [-0.1, -0.05) is 0 Å². The summed E-state index contributed by atoms with van der Waals surface area (Å²) in [5, 5.41) is 7.12. The molecule has 1 aromatic rings. The van der Waals surface area contributed by atoms with Crippen molar-refractivity contribution in [2.45, 2.75) is 50.9 Å². The number of carboxylic acid groups (broad SMARTS) is 1. The van der Waals surface area contributed by atoms with E-state index in [0.717, 1.165) is 56.4 Å². The Morgan fingerprint density at radius 2 is 1.77 bits per heavy atom. The van der Waals surface area contributed by atoms with Gasteiger partial charge in [0.25, 0.3) is 5.91 Å². The number of nitrogens with zero attached hydrogens (tertiary/aromatic N) is 2. The number of amides is 1. The summed E-state index contributed by atoms with van der Waals surface area (Å²) in [4.78, 5) is 26.4. The predicted octanol–water partition coefficient (Wildman–Crippen LogP) is 2.94. The van der Waals surface area contributed by atoms with Crippen LogP contribution in [0, 0.1) is 12.8 Å². The van der Waals surface area contributed by atoms with Crippen molar-refractivity contribution in [1.29, 1.82) is 0 Å². The number of carboxylic acids is 1. The lowest BCUT2D eigenvalue weighted by molar-refractivity contribution is -0.192. The molecule has 0 unspecified atom stereocenters. The second kappa shape index (κ2) is 9.38. The fourth-order valence-corrected chi connectivity index (χ4v) is 4.58. The van der Waals surface area contributed by atoms with E-state index in [2.05, 4.69) is 9.80 Å². The zero-order chi connectivity index (χ0) is 21.9. The van der Waals surface area contributed by atoms with Crippen LogP contribution in [0.4, 0.5) is 13.2 Å². The summed E-state index contributed by atoms with van der Waals surface area (Å²) in [6.45, 7) is 6.88. The Labute approximate surface area is 172 Å². The van der Waals surface area contributed by atoms with Gasteiger partial charge in [0, 0.05) is 44.9 Å². The van der Waals surface area contributed by atoms with E-state index >= 15 is 0 Å². The number of halogens is 3. The molecule has 1 aromatic heterocycles. The summed E-state index contributed by atoms with van der Waals surface area (Å²) in [5.41, 5.74) is 0.730. The van der Waals surface area contributed by atoms with Gasteiger partial charge in [-0.05, 0) is 44.6 Å². The quantitative estimate of drug-likeness (QED) is 0.791. The molecule has 30 heavy (non-hydrogen) atoms. The maximum atomic E-state index is 12.8. The number of carbonyl (C=O) groups is 2. The van der Waals surface area contributed by atoms with Gasteiger partial charge in [-0.25, -0.2) is 4.79 Å². The zero-order valence-electron chi connectivity index (χ0n) is 16.9. The van der Waals surface area contributed by atoms with Crippen LogP contribution in [0.2, 0.25) is 0 Å². The molecule has 1 N–H and O–H groups in total. The molecule has 0 radical (unpaired) electrons. The van der Waals surface area contributed by atoms with Crippen molar-refractivity contribution in [2.24, 2.45) is 5.92 Å². The molecule has 4 rings (SSSR count). The number of fused-ring (bicyclic) bond motifs is 1. The third-order valence-corrected chi connectivity index (χ3v) is 6.12. The number of ether oxygens (including phenoxy) is 1. The van der Waals surface area contributed by atoms with Crippen molar-refractivity contribution in [3.8, 4) is 0 Å². The highest BCUT2D eigenvalue weighted by atomic mass is 19.4. The van der Waals surface area contributed by atoms with Crippen LogP contribution in [0.15, 0.2) is 16.7 Å². The Morgan fingerprint density at radius 1 is 1.13 bits per heavy atom. The summed E-state index contributed by atoms with van der Waals surface area (Å²) >= 11 is 0. The molecule has 7 nitrogen and oxygen atoms in total. The number of carbonyl (C=O) groups excluding carboxylic acids is 1. The summed E-state index contributed by atoms with van der Waals surface area (Å²) in [6.07, 6.45) is 1.12. The molecule has 0 aromatic carbocycles. The van der Waals surface area contributed by atoms with Crippen LogP contribution in [0.5, 0.6) is 0 Å². The van der Waals surface area contributed by atoms with Gasteiger partial charge in [0.15, 0.2) is 0 Å². The molecule has 0 aliphatic carbocycles. The van der Waals surface area contributed by atoms with E-state index in [9.17, 15) is 18.0 Å². The third kappa shape index (κ3) is 5.15. The Hall–Kier alpha value is -2.07. The first-order valence-corrected chi connectivity index (χ1v) is 10.2. The van der Waals surface area contributed by atoms with Crippen molar-refractivity contribution in [3.05, 3.63) is 23.7 Å². The van der Waals surface area contributed by atoms with Crippen molar-refractivity contribution >= 4 is 11.9 Å². The number of alkyl halides is 3. The van der Waals surface area contributed by atoms with Crippen molar-refractivity contribution < 1.29 is 37.0 Å². The van der Waals surface area contributed by atoms with E-state index in [1.165, 1.54) is 19.4 Å². The molecule has 10 heteroatoms. The zero-order valence-corrected chi connectivity index (χ0v) is 16.9. The van der Waals surface area contributed by atoms with Crippen LogP contribution in [-0.4, -0.2) is 77.9 Å². The molecule has 3 aliphatic heterocycles. The van der Waals surface area contributed by atoms with Gasteiger partial charge >= 0.3 is 12.1 Å². The van der Waals surface area contributed by atoms with Crippen LogP contribution in [0.25, 0.3) is 0 Å². The molecule has 3 fully saturated rings. The highest BCUT2D eigenvalue weighted by Crippen LogP contribution is 2.34. The van der Waals surface area contributed by atoms with Crippen LogP contribution < -0.4 is 0 Å². The second-order valence-electron chi connectivity index (χ2n) is 7.95. The average Bonchev–Trinajstić information content (AvgIpc) is 3.39. The molecule has 0 bridgehead atoms. The van der Waals surface area contributed by atoms with Gasteiger partial charge in [0.2, 0.25) is 0 Å². The maximum Gasteiger partial charge on any atom is 0.490 e. The van der Waals surface area contributed by atoms with Crippen molar-refractivity contribution in [3.63, 3.8) is 0 Å².